The van der Waals surface area contributed by atoms with Crippen LogP contribution in [0.5, 0.6) is 5.88 Å². The summed E-state index contributed by atoms with van der Waals surface area (Å²) in [6.07, 6.45) is 2.30. The highest BCUT2D eigenvalue weighted by Gasteiger charge is 2.26. The summed E-state index contributed by atoms with van der Waals surface area (Å²) in [5.41, 5.74) is 1.24. The summed E-state index contributed by atoms with van der Waals surface area (Å²) in [4.78, 5) is 12.2. The zero-order valence-electron chi connectivity index (χ0n) is 15.3. The molecule has 3 atom stereocenters. The number of aromatic nitrogens is 3. The van der Waals surface area contributed by atoms with Gasteiger partial charge < -0.3 is 19.7 Å². The normalized spacial score (nSPS) is 14.8. The highest BCUT2D eigenvalue weighted by atomic mass is 16.5. The van der Waals surface area contributed by atoms with E-state index in [4.69, 9.17) is 14.4 Å². The fourth-order valence-electron chi connectivity index (χ4n) is 2.46. The molecule has 0 aliphatic carbocycles. The van der Waals surface area contributed by atoms with E-state index in [9.17, 15) is 4.79 Å². The van der Waals surface area contributed by atoms with Crippen LogP contribution in [-0.4, -0.2) is 38.6 Å². The zero-order chi connectivity index (χ0) is 18.6. The number of ether oxygens (including phenoxy) is 1. The molecular weight excluding hydrogens is 324 g/mol. The lowest BCUT2D eigenvalue weighted by atomic mass is 9.96. The topological polar surface area (TPSA) is 102 Å². The van der Waals surface area contributed by atoms with E-state index in [1.54, 1.807) is 26.2 Å². The number of aliphatic hydroxyl groups is 1. The first-order valence-electron chi connectivity index (χ1n) is 8.40. The van der Waals surface area contributed by atoms with Crippen LogP contribution < -0.4 is 10.1 Å². The third-order valence-corrected chi connectivity index (χ3v) is 4.24. The molecule has 138 valence electrons. The number of carbonyl (C=O) groups excluding carboxylic acids is 1. The standard InChI is InChI=1S/C17H26N4O4/c1-6-10(2)16(13-8-18-25-12(13)4)24-15-7-14(21(5)20-15)17(23)19-11(3)9-22/h7-8,10-11,16,22H,6,9H2,1-5H3,(H,19,23). The molecule has 2 N–H and O–H groups in total. The highest BCUT2D eigenvalue weighted by molar-refractivity contribution is 5.93. The number of carbonyl (C=O) groups is 1. The molecule has 1 amide bonds. The molecule has 0 fully saturated rings. The predicted molar refractivity (Wildman–Crippen MR) is 91.3 cm³/mol. The molecular formula is C17H26N4O4. The van der Waals surface area contributed by atoms with Crippen LogP contribution in [0.4, 0.5) is 0 Å². The smallest absolute Gasteiger partial charge is 0.269 e. The van der Waals surface area contributed by atoms with E-state index in [1.807, 2.05) is 6.92 Å². The monoisotopic (exact) mass is 350 g/mol. The van der Waals surface area contributed by atoms with Crippen molar-refractivity contribution in [1.29, 1.82) is 0 Å². The van der Waals surface area contributed by atoms with Crippen LogP contribution in [0.1, 0.15) is 55.1 Å². The van der Waals surface area contributed by atoms with Gasteiger partial charge in [-0.1, -0.05) is 19.0 Å². The first-order chi connectivity index (χ1) is 11.9. The van der Waals surface area contributed by atoms with Crippen molar-refractivity contribution in [3.63, 3.8) is 0 Å². The maximum Gasteiger partial charge on any atom is 0.269 e. The summed E-state index contributed by atoms with van der Waals surface area (Å²) in [5, 5.41) is 19.9. The highest BCUT2D eigenvalue weighted by Crippen LogP contribution is 2.31. The second-order valence-electron chi connectivity index (χ2n) is 6.31. The molecule has 0 aliphatic rings. The fraction of sp³-hybridized carbons (Fsp3) is 0.588. The average Bonchev–Trinajstić information content (AvgIpc) is 3.17. The van der Waals surface area contributed by atoms with Crippen LogP contribution in [-0.2, 0) is 7.05 Å². The van der Waals surface area contributed by atoms with Gasteiger partial charge in [0.25, 0.3) is 5.91 Å². The molecule has 0 bridgehead atoms. The van der Waals surface area contributed by atoms with Gasteiger partial charge in [-0.3, -0.25) is 9.48 Å². The molecule has 2 aromatic heterocycles. The Labute approximate surface area is 147 Å². The van der Waals surface area contributed by atoms with Gasteiger partial charge in [-0.15, -0.1) is 5.10 Å². The fourth-order valence-corrected chi connectivity index (χ4v) is 2.46. The van der Waals surface area contributed by atoms with E-state index in [2.05, 4.69) is 29.4 Å². The predicted octanol–water partition coefficient (Wildman–Crippen LogP) is 1.99. The van der Waals surface area contributed by atoms with E-state index in [0.29, 0.717) is 17.3 Å². The molecule has 0 saturated carbocycles. The van der Waals surface area contributed by atoms with Crippen molar-refractivity contribution >= 4 is 5.91 Å². The van der Waals surface area contributed by atoms with Crippen molar-refractivity contribution in [3.05, 3.63) is 29.3 Å². The number of rotatable bonds is 8. The van der Waals surface area contributed by atoms with Crippen LogP contribution >= 0.6 is 0 Å². The summed E-state index contributed by atoms with van der Waals surface area (Å²) in [7, 11) is 1.67. The Morgan fingerprint density at radius 2 is 2.20 bits per heavy atom. The van der Waals surface area contributed by atoms with Crippen molar-refractivity contribution < 1.29 is 19.2 Å². The van der Waals surface area contributed by atoms with Gasteiger partial charge in [0.15, 0.2) is 0 Å². The van der Waals surface area contributed by atoms with E-state index in [1.165, 1.54) is 4.68 Å². The van der Waals surface area contributed by atoms with Crippen LogP contribution in [0.15, 0.2) is 16.8 Å². The Morgan fingerprint density at radius 1 is 1.48 bits per heavy atom. The third-order valence-electron chi connectivity index (χ3n) is 4.24. The quantitative estimate of drug-likeness (QED) is 0.755. The van der Waals surface area contributed by atoms with Crippen molar-refractivity contribution in [3.8, 4) is 5.88 Å². The Hall–Kier alpha value is -2.35. The molecule has 2 rings (SSSR count). The van der Waals surface area contributed by atoms with Crippen molar-refractivity contribution in [2.75, 3.05) is 6.61 Å². The summed E-state index contributed by atoms with van der Waals surface area (Å²) < 4.78 is 12.7. The minimum atomic E-state index is -0.334. The molecule has 0 saturated heterocycles. The number of nitrogens with zero attached hydrogens (tertiary/aromatic N) is 3. The zero-order valence-corrected chi connectivity index (χ0v) is 15.3. The molecule has 2 heterocycles. The molecule has 2 aromatic rings. The summed E-state index contributed by atoms with van der Waals surface area (Å²) in [6, 6.07) is 1.26. The maximum absolute atomic E-state index is 12.2. The number of hydrogen-bond acceptors (Lipinski definition) is 6. The van der Waals surface area contributed by atoms with E-state index >= 15 is 0 Å². The lowest BCUT2D eigenvalue weighted by Crippen LogP contribution is -2.36. The lowest BCUT2D eigenvalue weighted by molar-refractivity contribution is 0.0912. The second-order valence-corrected chi connectivity index (χ2v) is 6.31. The van der Waals surface area contributed by atoms with Crippen LogP contribution in [0.25, 0.3) is 0 Å². The molecule has 25 heavy (non-hydrogen) atoms. The summed E-state index contributed by atoms with van der Waals surface area (Å²) in [6.45, 7) is 7.60. The van der Waals surface area contributed by atoms with Gasteiger partial charge in [-0.25, -0.2) is 0 Å². The maximum atomic E-state index is 12.2. The van der Waals surface area contributed by atoms with Crippen LogP contribution in [0.3, 0.4) is 0 Å². The Bertz CT molecular complexity index is 709. The SMILES string of the molecule is CCC(C)C(Oc1cc(C(=O)NC(C)CO)n(C)n1)c1cnoc1C. The first-order valence-corrected chi connectivity index (χ1v) is 8.40. The largest absolute Gasteiger partial charge is 0.468 e. The average molecular weight is 350 g/mol. The van der Waals surface area contributed by atoms with E-state index < -0.39 is 0 Å². The first kappa shape index (κ1) is 19.0. The van der Waals surface area contributed by atoms with E-state index in [0.717, 1.165) is 12.0 Å². The minimum absolute atomic E-state index is 0.129. The molecule has 0 radical (unpaired) electrons. The van der Waals surface area contributed by atoms with Gasteiger partial charge in [-0.2, -0.15) is 0 Å². The molecule has 0 spiro atoms. The van der Waals surface area contributed by atoms with Crippen LogP contribution in [0.2, 0.25) is 0 Å². The van der Waals surface area contributed by atoms with E-state index in [-0.39, 0.29) is 30.6 Å². The number of aryl methyl sites for hydroxylation is 2. The number of nitrogens with one attached hydrogen (secondary N) is 1. The molecule has 8 heteroatoms. The molecule has 0 aromatic carbocycles. The Kier molecular flexibility index (Phi) is 6.19. The Balaban J connectivity index is 2.22. The van der Waals surface area contributed by atoms with Crippen LogP contribution in [0, 0.1) is 12.8 Å². The van der Waals surface area contributed by atoms with Gasteiger partial charge in [0.2, 0.25) is 5.88 Å². The number of aliphatic hydroxyl groups excluding tert-OH is 1. The van der Waals surface area contributed by atoms with Crippen molar-refractivity contribution in [2.24, 2.45) is 13.0 Å². The van der Waals surface area contributed by atoms with Crippen molar-refractivity contribution in [1.82, 2.24) is 20.3 Å². The Morgan fingerprint density at radius 3 is 2.76 bits per heavy atom. The third kappa shape index (κ3) is 4.39. The molecule has 0 aliphatic heterocycles. The van der Waals surface area contributed by atoms with Crippen molar-refractivity contribution in [2.45, 2.75) is 46.3 Å². The number of amides is 1. The number of hydrogen-bond donors (Lipinski definition) is 2. The van der Waals surface area contributed by atoms with Gasteiger partial charge in [0, 0.05) is 19.2 Å². The van der Waals surface area contributed by atoms with Gasteiger partial charge in [0.05, 0.1) is 18.4 Å². The lowest BCUT2D eigenvalue weighted by Gasteiger charge is -2.22. The molecule has 8 nitrogen and oxygen atoms in total. The molecule has 3 unspecified atom stereocenters. The second kappa shape index (κ2) is 8.15. The summed E-state index contributed by atoms with van der Waals surface area (Å²) >= 11 is 0. The van der Waals surface area contributed by atoms with Gasteiger partial charge in [0.1, 0.15) is 17.6 Å². The van der Waals surface area contributed by atoms with Gasteiger partial charge in [-0.05, 0) is 26.2 Å². The minimum Gasteiger partial charge on any atom is -0.468 e. The summed E-state index contributed by atoms with van der Waals surface area (Å²) in [5.74, 6) is 0.964. The van der Waals surface area contributed by atoms with Gasteiger partial charge >= 0.3 is 0 Å².